The van der Waals surface area contributed by atoms with Crippen molar-refractivity contribution in [3.05, 3.63) is 43.0 Å². The number of benzene rings is 1. The molecule has 0 radical (unpaired) electrons. The quantitative estimate of drug-likeness (QED) is 0.125. The number of nitrogens with two attached hydrogens (primary N) is 1. The highest BCUT2D eigenvalue weighted by atomic mass is 32.2. The van der Waals surface area contributed by atoms with E-state index < -0.39 is 76.2 Å². The van der Waals surface area contributed by atoms with Crippen LogP contribution in [0.25, 0.3) is 0 Å². The first-order valence-corrected chi connectivity index (χ1v) is 14.1. The van der Waals surface area contributed by atoms with Gasteiger partial charge in [-0.2, -0.15) is 0 Å². The maximum Gasteiger partial charge on any atom is 0.407 e. The van der Waals surface area contributed by atoms with Gasteiger partial charge in [-0.1, -0.05) is 24.3 Å². The van der Waals surface area contributed by atoms with Crippen molar-refractivity contribution < 1.29 is 37.8 Å². The molecule has 3 amide bonds. The predicted octanol–water partition coefficient (Wildman–Crippen LogP) is -1.09. The van der Waals surface area contributed by atoms with Gasteiger partial charge >= 0.3 is 6.09 Å². The minimum absolute atomic E-state index is 0.0583. The number of amides is 3. The lowest BCUT2D eigenvalue weighted by Crippen LogP contribution is -2.65. The first-order chi connectivity index (χ1) is 17.7. The van der Waals surface area contributed by atoms with Gasteiger partial charge in [0.1, 0.15) is 33.7 Å². The van der Waals surface area contributed by atoms with E-state index in [1.54, 1.807) is 30.3 Å². The number of rotatable bonds is 11. The second-order valence-corrected chi connectivity index (χ2v) is 11.6. The highest BCUT2D eigenvalue weighted by Gasteiger charge is 2.51. The fourth-order valence-electron chi connectivity index (χ4n) is 3.82. The van der Waals surface area contributed by atoms with Gasteiger partial charge in [-0.15, -0.1) is 6.58 Å². The van der Waals surface area contributed by atoms with Crippen molar-refractivity contribution in [2.24, 2.45) is 5.73 Å². The lowest BCUT2D eigenvalue weighted by molar-refractivity contribution is -0.158. The Balaban J connectivity index is 2.24. The molecule has 5 atom stereocenters. The van der Waals surface area contributed by atoms with Crippen LogP contribution in [0.1, 0.15) is 19.3 Å². The molecule has 1 aromatic rings. The van der Waals surface area contributed by atoms with Crippen LogP contribution in [-0.4, -0.2) is 90.1 Å². The van der Waals surface area contributed by atoms with Crippen molar-refractivity contribution in [1.29, 1.82) is 0 Å². The summed E-state index contributed by atoms with van der Waals surface area (Å²) in [5, 5.41) is 32.7. The summed E-state index contributed by atoms with van der Waals surface area (Å²) in [7, 11) is -3.47. The molecule has 0 saturated heterocycles. The average Bonchev–Trinajstić information content (AvgIpc) is 2.83. The smallest absolute Gasteiger partial charge is 0.407 e. The molecular formula is C23H33N5O8S2. The Morgan fingerprint density at radius 1 is 1.29 bits per heavy atom. The van der Waals surface area contributed by atoms with Crippen LogP contribution >= 0.6 is 12.2 Å². The number of carbonyl (C=O) groups excluding carboxylic acids is 3. The molecule has 0 spiro atoms. The van der Waals surface area contributed by atoms with Gasteiger partial charge in [-0.05, 0) is 30.8 Å². The van der Waals surface area contributed by atoms with E-state index in [1.165, 1.54) is 6.08 Å². The van der Waals surface area contributed by atoms with Crippen LogP contribution in [0.2, 0.25) is 0 Å². The number of hydrogen-bond acceptors (Lipinski definition) is 9. The number of sulfone groups is 1. The zero-order valence-electron chi connectivity index (χ0n) is 20.8. The second-order valence-electron chi connectivity index (χ2n) is 8.96. The third-order valence-electron chi connectivity index (χ3n) is 5.74. The van der Waals surface area contributed by atoms with Gasteiger partial charge in [0, 0.05) is 31.3 Å². The minimum Gasteiger partial charge on any atom is -0.443 e. The Hall–Kier alpha value is -3.27. The Morgan fingerprint density at radius 2 is 1.95 bits per heavy atom. The summed E-state index contributed by atoms with van der Waals surface area (Å²) in [6.07, 6.45) is -2.57. The highest BCUT2D eigenvalue weighted by Crippen LogP contribution is 2.32. The molecule has 38 heavy (non-hydrogen) atoms. The molecule has 0 heterocycles. The van der Waals surface area contributed by atoms with E-state index in [-0.39, 0.29) is 18.1 Å². The Labute approximate surface area is 226 Å². The van der Waals surface area contributed by atoms with Gasteiger partial charge in [0.05, 0.1) is 11.8 Å². The summed E-state index contributed by atoms with van der Waals surface area (Å²) in [4.78, 5) is 37.2. The topological polar surface area (TPSA) is 209 Å². The van der Waals surface area contributed by atoms with Crippen LogP contribution in [0.3, 0.4) is 0 Å². The molecule has 1 fully saturated rings. The van der Waals surface area contributed by atoms with E-state index in [1.807, 2.05) is 0 Å². The molecular weight excluding hydrogens is 538 g/mol. The molecule has 0 aromatic heterocycles. The van der Waals surface area contributed by atoms with Crippen molar-refractivity contribution in [3.8, 4) is 0 Å². The van der Waals surface area contributed by atoms with Crippen molar-refractivity contribution >= 4 is 50.8 Å². The number of para-hydroxylation sites is 1. The molecule has 8 N–H and O–H groups in total. The second kappa shape index (κ2) is 13.5. The van der Waals surface area contributed by atoms with Crippen LogP contribution < -0.4 is 27.0 Å². The molecule has 1 aliphatic rings. The number of aliphatic hydroxyl groups excluding tert-OH is 1. The molecule has 210 valence electrons. The number of primary amides is 1. The SMILES string of the molecule is C=CCNC(=O)OC1CC(O)(C(=O)NC(CCS(C)(=O)=O)C(N)=O)CC(NC(=S)Nc2ccccc2)C1O. The maximum atomic E-state index is 13.1. The van der Waals surface area contributed by atoms with Crippen LogP contribution in [0.4, 0.5) is 10.5 Å². The lowest BCUT2D eigenvalue weighted by Gasteiger charge is -2.43. The van der Waals surface area contributed by atoms with Gasteiger partial charge in [0.15, 0.2) is 5.11 Å². The number of hydrogen-bond donors (Lipinski definition) is 7. The highest BCUT2D eigenvalue weighted by molar-refractivity contribution is 7.90. The molecule has 1 saturated carbocycles. The summed E-state index contributed by atoms with van der Waals surface area (Å²) < 4.78 is 28.3. The van der Waals surface area contributed by atoms with Crippen molar-refractivity contribution in [2.75, 3.05) is 23.9 Å². The van der Waals surface area contributed by atoms with Crippen molar-refractivity contribution in [3.63, 3.8) is 0 Å². The fraction of sp³-hybridized carbons (Fsp3) is 0.478. The summed E-state index contributed by atoms with van der Waals surface area (Å²) in [5.41, 5.74) is 3.69. The number of anilines is 1. The number of nitrogens with one attached hydrogen (secondary N) is 4. The molecule has 1 aromatic carbocycles. The molecule has 2 rings (SSSR count). The monoisotopic (exact) mass is 571 g/mol. The Bertz CT molecular complexity index is 1130. The third kappa shape index (κ3) is 9.55. The first-order valence-electron chi connectivity index (χ1n) is 11.6. The van der Waals surface area contributed by atoms with E-state index in [9.17, 15) is 33.0 Å². The lowest BCUT2D eigenvalue weighted by atomic mass is 9.77. The Morgan fingerprint density at radius 3 is 2.53 bits per heavy atom. The Kier molecular flexibility index (Phi) is 11.0. The summed E-state index contributed by atoms with van der Waals surface area (Å²) in [6.45, 7) is 3.54. The van der Waals surface area contributed by atoms with Gasteiger partial charge in [0.25, 0.3) is 5.91 Å². The third-order valence-corrected chi connectivity index (χ3v) is 6.93. The first kappa shape index (κ1) is 31.0. The molecule has 0 bridgehead atoms. The molecule has 15 heteroatoms. The van der Waals surface area contributed by atoms with E-state index in [2.05, 4.69) is 27.8 Å². The molecule has 0 aliphatic heterocycles. The van der Waals surface area contributed by atoms with E-state index in [0.717, 1.165) is 6.26 Å². The van der Waals surface area contributed by atoms with Gasteiger partial charge in [-0.25, -0.2) is 13.2 Å². The zero-order chi connectivity index (χ0) is 28.5. The fourth-order valence-corrected chi connectivity index (χ4v) is 4.75. The van der Waals surface area contributed by atoms with E-state index in [0.29, 0.717) is 5.69 Å². The number of alkyl carbamates (subject to hydrolysis) is 1. The predicted molar refractivity (Wildman–Crippen MR) is 144 cm³/mol. The summed E-state index contributed by atoms with van der Waals surface area (Å²) >= 11 is 5.30. The average molecular weight is 572 g/mol. The largest absolute Gasteiger partial charge is 0.443 e. The van der Waals surface area contributed by atoms with Crippen molar-refractivity contribution in [1.82, 2.24) is 16.0 Å². The standard InChI is InChI=1S/C23H33N5O8S2/c1-3-10-25-22(32)36-17-13-23(33,20(31)27-15(19(24)30)9-11-38(2,34)35)12-16(18(17)29)28-21(37)26-14-7-5-4-6-8-14/h3-8,15-18,29,33H,1,9-13H2,2H3,(H2,24,30)(H,25,32)(H,27,31)(H2,26,28,37). The molecule has 13 nitrogen and oxygen atoms in total. The van der Waals surface area contributed by atoms with Crippen molar-refractivity contribution in [2.45, 2.75) is 49.2 Å². The number of aliphatic hydroxyl groups is 2. The zero-order valence-corrected chi connectivity index (χ0v) is 22.4. The number of carbonyl (C=O) groups is 3. The summed E-state index contributed by atoms with van der Waals surface area (Å²) in [6, 6.07) is 6.36. The summed E-state index contributed by atoms with van der Waals surface area (Å²) in [5.74, 6) is -2.49. The maximum absolute atomic E-state index is 13.1. The van der Waals surface area contributed by atoms with Crippen LogP contribution in [0.15, 0.2) is 43.0 Å². The molecule has 1 aliphatic carbocycles. The molecule has 5 unspecified atom stereocenters. The van der Waals surface area contributed by atoms with Gasteiger partial charge in [0.2, 0.25) is 5.91 Å². The van der Waals surface area contributed by atoms with E-state index >= 15 is 0 Å². The van der Waals surface area contributed by atoms with Gasteiger partial charge < -0.3 is 42.0 Å². The van der Waals surface area contributed by atoms with Crippen LogP contribution in [0.5, 0.6) is 0 Å². The van der Waals surface area contributed by atoms with Crippen LogP contribution in [0, 0.1) is 0 Å². The minimum atomic E-state index is -3.47. The number of ether oxygens (including phenoxy) is 1. The van der Waals surface area contributed by atoms with Gasteiger partial charge in [-0.3, -0.25) is 9.59 Å². The van der Waals surface area contributed by atoms with E-state index in [4.69, 9.17) is 22.7 Å². The number of thiocarbonyl (C=S) groups is 1. The normalized spacial score (nSPS) is 23.8. The van der Waals surface area contributed by atoms with Crippen LogP contribution in [-0.2, 0) is 24.2 Å².